The number of rotatable bonds is 3. The third-order valence-electron chi connectivity index (χ3n) is 4.18. The number of nitrogens with two attached hydrogens (primary N) is 1. The van der Waals surface area contributed by atoms with Gasteiger partial charge in [0.25, 0.3) is 0 Å². The van der Waals surface area contributed by atoms with Gasteiger partial charge in [0, 0.05) is 18.9 Å². The number of piperidine rings is 1. The summed E-state index contributed by atoms with van der Waals surface area (Å²) in [5.74, 6) is 0.136. The molecule has 0 aliphatic carbocycles. The molecule has 1 aliphatic rings. The smallest absolute Gasteiger partial charge is 0.224 e. The Kier molecular flexibility index (Phi) is 4.43. The maximum absolute atomic E-state index is 12.3. The Morgan fingerprint density at radius 3 is 2.19 bits per heavy atom. The Bertz CT molecular complexity index is 486. The fourth-order valence-corrected chi connectivity index (χ4v) is 3.79. The predicted molar refractivity (Wildman–Crippen MR) is 86.1 cm³/mol. The second kappa shape index (κ2) is 5.80. The highest BCUT2D eigenvalue weighted by Gasteiger charge is 2.41. The van der Waals surface area contributed by atoms with Crippen LogP contribution in [0.4, 0.5) is 0 Å². The Morgan fingerprint density at radius 2 is 1.67 bits per heavy atom. The third kappa shape index (κ3) is 4.85. The second-order valence-electron chi connectivity index (χ2n) is 7.96. The third-order valence-corrected chi connectivity index (χ3v) is 4.18. The molecule has 1 amide bonds. The van der Waals surface area contributed by atoms with Crippen LogP contribution in [0.5, 0.6) is 0 Å². The number of quaternary nitrogens is 1. The number of carbonyl (C=O) groups is 1. The van der Waals surface area contributed by atoms with E-state index in [2.05, 4.69) is 57.4 Å². The summed E-state index contributed by atoms with van der Waals surface area (Å²) >= 11 is 0. The first-order valence-electron chi connectivity index (χ1n) is 7.87. The van der Waals surface area contributed by atoms with Crippen molar-refractivity contribution >= 4 is 5.91 Å². The van der Waals surface area contributed by atoms with Gasteiger partial charge in [0.15, 0.2) is 0 Å². The molecular formula is C18H29N2O+. The molecule has 1 aromatic carbocycles. The van der Waals surface area contributed by atoms with Gasteiger partial charge < -0.3 is 10.6 Å². The van der Waals surface area contributed by atoms with Crippen molar-refractivity contribution in [3.63, 3.8) is 0 Å². The van der Waals surface area contributed by atoms with Crippen LogP contribution in [0.25, 0.3) is 0 Å². The van der Waals surface area contributed by atoms with Gasteiger partial charge in [-0.1, -0.05) is 29.8 Å². The number of benzene rings is 1. The lowest BCUT2D eigenvalue weighted by Gasteiger charge is -2.43. The van der Waals surface area contributed by atoms with Crippen LogP contribution in [0.15, 0.2) is 24.3 Å². The molecule has 0 spiro atoms. The van der Waals surface area contributed by atoms with Gasteiger partial charge in [0.1, 0.15) is 0 Å². The zero-order chi connectivity index (χ0) is 15.7. The van der Waals surface area contributed by atoms with E-state index in [0.717, 1.165) is 18.4 Å². The Morgan fingerprint density at radius 1 is 1.14 bits per heavy atom. The highest BCUT2D eigenvalue weighted by atomic mass is 16.1. The summed E-state index contributed by atoms with van der Waals surface area (Å²) in [5.41, 5.74) is 2.68. The largest absolute Gasteiger partial charge is 0.353 e. The van der Waals surface area contributed by atoms with Crippen molar-refractivity contribution in [2.45, 2.75) is 71.0 Å². The Balaban J connectivity index is 1.94. The first-order valence-corrected chi connectivity index (χ1v) is 7.87. The van der Waals surface area contributed by atoms with Crippen LogP contribution in [-0.4, -0.2) is 23.0 Å². The summed E-state index contributed by atoms with van der Waals surface area (Å²) in [4.78, 5) is 12.3. The van der Waals surface area contributed by atoms with Gasteiger partial charge in [0.2, 0.25) is 5.91 Å². The minimum Gasteiger partial charge on any atom is -0.353 e. The SMILES string of the molecule is Cc1ccc(CC(=O)NC2CC(C)(C)[NH2+]C(C)(C)C2)cc1. The zero-order valence-electron chi connectivity index (χ0n) is 14.0. The van der Waals surface area contributed by atoms with Crippen molar-refractivity contribution in [1.29, 1.82) is 0 Å². The number of carbonyl (C=O) groups excluding carboxylic acids is 1. The molecule has 1 fully saturated rings. The van der Waals surface area contributed by atoms with E-state index in [1.54, 1.807) is 0 Å². The Hall–Kier alpha value is -1.35. The molecule has 0 atom stereocenters. The molecule has 3 heteroatoms. The van der Waals surface area contributed by atoms with E-state index in [1.165, 1.54) is 5.56 Å². The van der Waals surface area contributed by atoms with Crippen LogP contribution in [-0.2, 0) is 11.2 Å². The van der Waals surface area contributed by atoms with Crippen molar-refractivity contribution in [2.75, 3.05) is 0 Å². The van der Waals surface area contributed by atoms with Crippen LogP contribution in [0, 0.1) is 6.92 Å². The van der Waals surface area contributed by atoms with E-state index in [4.69, 9.17) is 0 Å². The molecule has 3 N–H and O–H groups in total. The van der Waals surface area contributed by atoms with E-state index in [1.807, 2.05) is 12.1 Å². The van der Waals surface area contributed by atoms with Gasteiger partial charge in [-0.3, -0.25) is 4.79 Å². The molecule has 1 aliphatic heterocycles. The summed E-state index contributed by atoms with van der Waals surface area (Å²) in [7, 11) is 0. The molecule has 0 bridgehead atoms. The zero-order valence-corrected chi connectivity index (χ0v) is 14.0. The normalized spacial score (nSPS) is 21.0. The highest BCUT2D eigenvalue weighted by Crippen LogP contribution is 2.21. The quantitative estimate of drug-likeness (QED) is 0.877. The van der Waals surface area contributed by atoms with Gasteiger partial charge in [-0.05, 0) is 40.2 Å². The first-order chi connectivity index (χ1) is 9.65. The topological polar surface area (TPSA) is 45.7 Å². The number of amides is 1. The van der Waals surface area contributed by atoms with Gasteiger partial charge in [-0.25, -0.2) is 0 Å². The molecule has 1 heterocycles. The van der Waals surface area contributed by atoms with E-state index in [9.17, 15) is 4.79 Å². The minimum absolute atomic E-state index is 0.136. The van der Waals surface area contributed by atoms with Gasteiger partial charge in [-0.2, -0.15) is 0 Å². The van der Waals surface area contributed by atoms with Crippen LogP contribution in [0.3, 0.4) is 0 Å². The summed E-state index contributed by atoms with van der Waals surface area (Å²) in [6.45, 7) is 11.1. The first kappa shape index (κ1) is 16.0. The van der Waals surface area contributed by atoms with Crippen molar-refractivity contribution in [1.82, 2.24) is 5.32 Å². The molecule has 0 saturated carbocycles. The summed E-state index contributed by atoms with van der Waals surface area (Å²) < 4.78 is 0. The standard InChI is InChI=1S/C18H28N2O/c1-13-6-8-14(9-7-13)10-16(21)19-15-11-17(2,3)20-18(4,5)12-15/h6-9,15,20H,10-12H2,1-5H3,(H,19,21)/p+1. The van der Waals surface area contributed by atoms with E-state index in [0.29, 0.717) is 6.42 Å². The molecular weight excluding hydrogens is 260 g/mol. The molecule has 0 radical (unpaired) electrons. The Labute approximate surface area is 128 Å². The second-order valence-corrected chi connectivity index (χ2v) is 7.96. The van der Waals surface area contributed by atoms with Gasteiger partial charge in [-0.15, -0.1) is 0 Å². The summed E-state index contributed by atoms with van der Waals surface area (Å²) in [6.07, 6.45) is 2.52. The van der Waals surface area contributed by atoms with Crippen LogP contribution >= 0.6 is 0 Å². The van der Waals surface area contributed by atoms with E-state index >= 15 is 0 Å². The number of nitrogens with one attached hydrogen (secondary N) is 1. The van der Waals surface area contributed by atoms with Crippen molar-refractivity contribution in [3.05, 3.63) is 35.4 Å². The van der Waals surface area contributed by atoms with Gasteiger partial charge in [0.05, 0.1) is 17.5 Å². The van der Waals surface area contributed by atoms with E-state index < -0.39 is 0 Å². The lowest BCUT2D eigenvalue weighted by molar-refractivity contribution is -0.787. The number of aryl methyl sites for hydroxylation is 1. The number of hydrogen-bond donors (Lipinski definition) is 2. The molecule has 1 aromatic rings. The van der Waals surface area contributed by atoms with Crippen molar-refractivity contribution < 1.29 is 10.1 Å². The van der Waals surface area contributed by atoms with Gasteiger partial charge >= 0.3 is 0 Å². The molecule has 3 nitrogen and oxygen atoms in total. The maximum Gasteiger partial charge on any atom is 0.224 e. The number of hydrogen-bond acceptors (Lipinski definition) is 1. The minimum atomic E-state index is 0.136. The highest BCUT2D eigenvalue weighted by molar-refractivity contribution is 5.78. The molecule has 0 unspecified atom stereocenters. The van der Waals surface area contributed by atoms with Crippen molar-refractivity contribution in [2.24, 2.45) is 0 Å². The predicted octanol–water partition coefficient (Wildman–Crippen LogP) is 1.94. The lowest BCUT2D eigenvalue weighted by atomic mass is 9.79. The summed E-state index contributed by atoms with van der Waals surface area (Å²) in [5, 5.41) is 5.67. The van der Waals surface area contributed by atoms with Crippen molar-refractivity contribution in [3.8, 4) is 0 Å². The molecule has 21 heavy (non-hydrogen) atoms. The average Bonchev–Trinajstić information content (AvgIpc) is 2.27. The van der Waals surface area contributed by atoms with Crippen LogP contribution in [0.1, 0.15) is 51.7 Å². The lowest BCUT2D eigenvalue weighted by Crippen LogP contribution is -3.06. The molecule has 2 rings (SSSR count). The molecule has 0 aromatic heterocycles. The van der Waals surface area contributed by atoms with Crippen LogP contribution in [0.2, 0.25) is 0 Å². The average molecular weight is 289 g/mol. The van der Waals surface area contributed by atoms with Crippen LogP contribution < -0.4 is 10.6 Å². The molecule has 116 valence electrons. The fourth-order valence-electron chi connectivity index (χ4n) is 3.79. The summed E-state index contributed by atoms with van der Waals surface area (Å²) in [6, 6.07) is 8.47. The molecule has 1 saturated heterocycles. The monoisotopic (exact) mass is 289 g/mol. The van der Waals surface area contributed by atoms with E-state index in [-0.39, 0.29) is 23.0 Å². The fraction of sp³-hybridized carbons (Fsp3) is 0.611. The maximum atomic E-state index is 12.3.